The number of carbonyl (C=O) groups is 1. The van der Waals surface area contributed by atoms with Crippen LogP contribution in [0.25, 0.3) is 0 Å². The van der Waals surface area contributed by atoms with Crippen molar-refractivity contribution in [2.45, 2.75) is 0 Å². The molecule has 0 bridgehead atoms. The third kappa shape index (κ3) is 2.18. The Kier molecular flexibility index (Phi) is 2.84. The Hall–Kier alpha value is -1.58. The molecule has 3 nitrogen and oxygen atoms in total. The van der Waals surface area contributed by atoms with Crippen LogP contribution in [0.15, 0.2) is 24.3 Å². The molecule has 0 fully saturated rings. The Morgan fingerprint density at radius 1 is 1.54 bits per heavy atom. The van der Waals surface area contributed by atoms with Gasteiger partial charge in [0.15, 0.2) is 0 Å². The maximum atomic E-state index is 12.7. The molecular weight excluding hydrogens is 171 g/mol. The standard InChI is InChI=1S/C9H11FN2O/c1-11-9(13)12(2)8-5-3-4-7(10)6-8/h3-6H,1-2H3,(H,11,13). The monoisotopic (exact) mass is 182 g/mol. The zero-order valence-electron chi connectivity index (χ0n) is 7.54. The van der Waals surface area contributed by atoms with E-state index in [1.54, 1.807) is 19.2 Å². The molecule has 0 aliphatic carbocycles. The van der Waals surface area contributed by atoms with Crippen molar-refractivity contribution in [2.75, 3.05) is 19.0 Å². The largest absolute Gasteiger partial charge is 0.341 e. The smallest absolute Gasteiger partial charge is 0.321 e. The zero-order valence-corrected chi connectivity index (χ0v) is 7.54. The van der Waals surface area contributed by atoms with E-state index in [9.17, 15) is 9.18 Å². The minimum Gasteiger partial charge on any atom is -0.341 e. The van der Waals surface area contributed by atoms with Crippen LogP contribution in [0.3, 0.4) is 0 Å². The molecule has 0 aliphatic rings. The van der Waals surface area contributed by atoms with Crippen LogP contribution in [0.5, 0.6) is 0 Å². The summed E-state index contributed by atoms with van der Waals surface area (Å²) < 4.78 is 12.7. The second kappa shape index (κ2) is 3.89. The van der Waals surface area contributed by atoms with E-state index in [0.29, 0.717) is 5.69 Å². The quantitative estimate of drug-likeness (QED) is 0.703. The topological polar surface area (TPSA) is 32.3 Å². The van der Waals surface area contributed by atoms with Gasteiger partial charge in [-0.1, -0.05) is 6.07 Å². The van der Waals surface area contributed by atoms with E-state index in [2.05, 4.69) is 5.32 Å². The lowest BCUT2D eigenvalue weighted by atomic mass is 10.3. The third-order valence-corrected chi connectivity index (χ3v) is 1.71. The average molecular weight is 182 g/mol. The van der Waals surface area contributed by atoms with Crippen LogP contribution in [0.4, 0.5) is 14.9 Å². The summed E-state index contributed by atoms with van der Waals surface area (Å²) in [5, 5.41) is 2.45. The molecular formula is C9H11FN2O. The molecule has 0 atom stereocenters. The van der Waals surface area contributed by atoms with Gasteiger partial charge in [-0.05, 0) is 18.2 Å². The Morgan fingerprint density at radius 2 is 2.23 bits per heavy atom. The number of hydrogen-bond acceptors (Lipinski definition) is 1. The fourth-order valence-electron chi connectivity index (χ4n) is 0.970. The maximum absolute atomic E-state index is 12.7. The summed E-state index contributed by atoms with van der Waals surface area (Å²) >= 11 is 0. The number of halogens is 1. The van der Waals surface area contributed by atoms with Crippen LogP contribution in [0, 0.1) is 5.82 Å². The summed E-state index contributed by atoms with van der Waals surface area (Å²) in [5.41, 5.74) is 0.527. The molecule has 0 heterocycles. The number of nitrogens with one attached hydrogen (secondary N) is 1. The number of nitrogens with zero attached hydrogens (tertiary/aromatic N) is 1. The molecule has 0 saturated heterocycles. The first kappa shape index (κ1) is 9.51. The molecule has 0 aliphatic heterocycles. The molecule has 0 saturated carbocycles. The highest BCUT2D eigenvalue weighted by atomic mass is 19.1. The number of amides is 2. The second-order valence-electron chi connectivity index (χ2n) is 2.59. The third-order valence-electron chi connectivity index (χ3n) is 1.71. The summed E-state index contributed by atoms with van der Waals surface area (Å²) in [6.07, 6.45) is 0. The van der Waals surface area contributed by atoms with Crippen LogP contribution >= 0.6 is 0 Å². The van der Waals surface area contributed by atoms with Crippen molar-refractivity contribution in [3.8, 4) is 0 Å². The van der Waals surface area contributed by atoms with Crippen molar-refractivity contribution < 1.29 is 9.18 Å². The lowest BCUT2D eigenvalue weighted by Gasteiger charge is -2.16. The van der Waals surface area contributed by atoms with Crippen molar-refractivity contribution in [3.63, 3.8) is 0 Å². The molecule has 1 N–H and O–H groups in total. The van der Waals surface area contributed by atoms with Crippen LogP contribution < -0.4 is 10.2 Å². The van der Waals surface area contributed by atoms with Gasteiger partial charge < -0.3 is 5.32 Å². The van der Waals surface area contributed by atoms with Crippen molar-refractivity contribution >= 4 is 11.7 Å². The second-order valence-corrected chi connectivity index (χ2v) is 2.59. The average Bonchev–Trinajstić information content (AvgIpc) is 2.15. The Morgan fingerprint density at radius 3 is 2.77 bits per heavy atom. The van der Waals surface area contributed by atoms with E-state index in [1.807, 2.05) is 0 Å². The fourth-order valence-corrected chi connectivity index (χ4v) is 0.970. The van der Waals surface area contributed by atoms with Crippen LogP contribution in [0.2, 0.25) is 0 Å². The minimum absolute atomic E-state index is 0.273. The van der Waals surface area contributed by atoms with Gasteiger partial charge in [-0.2, -0.15) is 0 Å². The van der Waals surface area contributed by atoms with Gasteiger partial charge in [0.05, 0.1) is 0 Å². The normalized spacial score (nSPS) is 9.46. The van der Waals surface area contributed by atoms with Crippen LogP contribution in [0.1, 0.15) is 0 Å². The molecule has 0 radical (unpaired) electrons. The maximum Gasteiger partial charge on any atom is 0.321 e. The molecule has 1 aromatic carbocycles. The van der Waals surface area contributed by atoms with Crippen molar-refractivity contribution in [1.82, 2.24) is 5.32 Å². The van der Waals surface area contributed by atoms with E-state index in [4.69, 9.17) is 0 Å². The van der Waals surface area contributed by atoms with E-state index < -0.39 is 0 Å². The number of benzene rings is 1. The van der Waals surface area contributed by atoms with E-state index in [1.165, 1.54) is 24.1 Å². The van der Waals surface area contributed by atoms with Crippen molar-refractivity contribution in [1.29, 1.82) is 0 Å². The van der Waals surface area contributed by atoms with Gasteiger partial charge in [-0.15, -0.1) is 0 Å². The highest BCUT2D eigenvalue weighted by Gasteiger charge is 2.08. The Labute approximate surface area is 76.2 Å². The van der Waals surface area contributed by atoms with Gasteiger partial charge >= 0.3 is 6.03 Å². The van der Waals surface area contributed by atoms with Crippen molar-refractivity contribution in [3.05, 3.63) is 30.1 Å². The van der Waals surface area contributed by atoms with Gasteiger partial charge in [0.1, 0.15) is 5.82 Å². The number of urea groups is 1. The van der Waals surface area contributed by atoms with E-state index in [-0.39, 0.29) is 11.8 Å². The fraction of sp³-hybridized carbons (Fsp3) is 0.222. The molecule has 4 heteroatoms. The molecule has 2 amide bonds. The molecule has 0 unspecified atom stereocenters. The van der Waals surface area contributed by atoms with Crippen molar-refractivity contribution in [2.24, 2.45) is 0 Å². The van der Waals surface area contributed by atoms with Gasteiger partial charge in [0, 0.05) is 19.8 Å². The molecule has 70 valence electrons. The summed E-state index contributed by atoms with van der Waals surface area (Å²) in [6.45, 7) is 0. The van der Waals surface area contributed by atoms with E-state index >= 15 is 0 Å². The minimum atomic E-state index is -0.353. The van der Waals surface area contributed by atoms with Gasteiger partial charge in [0.25, 0.3) is 0 Å². The highest BCUT2D eigenvalue weighted by Crippen LogP contribution is 2.13. The SMILES string of the molecule is CNC(=O)N(C)c1cccc(F)c1. The van der Waals surface area contributed by atoms with Gasteiger partial charge in [-0.3, -0.25) is 4.90 Å². The number of carbonyl (C=O) groups excluding carboxylic acids is 1. The number of rotatable bonds is 1. The predicted octanol–water partition coefficient (Wildman–Crippen LogP) is 1.60. The van der Waals surface area contributed by atoms with Crippen LogP contribution in [-0.4, -0.2) is 20.1 Å². The molecule has 1 rings (SSSR count). The summed E-state index contributed by atoms with van der Waals surface area (Å²) in [5.74, 6) is -0.353. The molecule has 1 aromatic rings. The summed E-state index contributed by atoms with van der Waals surface area (Å²) in [7, 11) is 3.10. The molecule has 0 spiro atoms. The Balaban J connectivity index is 2.88. The molecule has 13 heavy (non-hydrogen) atoms. The Bertz CT molecular complexity index is 314. The zero-order chi connectivity index (χ0) is 9.84. The number of hydrogen-bond donors (Lipinski definition) is 1. The first-order valence-corrected chi connectivity index (χ1v) is 3.86. The van der Waals surface area contributed by atoms with Gasteiger partial charge in [-0.25, -0.2) is 9.18 Å². The first-order chi connectivity index (χ1) is 6.15. The van der Waals surface area contributed by atoms with Crippen LogP contribution in [-0.2, 0) is 0 Å². The summed E-state index contributed by atoms with van der Waals surface area (Å²) in [4.78, 5) is 12.5. The predicted molar refractivity (Wildman–Crippen MR) is 49.3 cm³/mol. The van der Waals surface area contributed by atoms with E-state index in [0.717, 1.165) is 0 Å². The lowest BCUT2D eigenvalue weighted by molar-refractivity contribution is 0.249. The lowest BCUT2D eigenvalue weighted by Crippen LogP contribution is -2.34. The number of anilines is 1. The molecule has 0 aromatic heterocycles. The first-order valence-electron chi connectivity index (χ1n) is 3.86. The summed E-state index contributed by atoms with van der Waals surface area (Å²) in [6, 6.07) is 5.59. The highest BCUT2D eigenvalue weighted by molar-refractivity contribution is 5.91. The van der Waals surface area contributed by atoms with Gasteiger partial charge in [0.2, 0.25) is 0 Å².